The van der Waals surface area contributed by atoms with Gasteiger partial charge in [0.05, 0.1) is 11.8 Å². The Hall–Kier alpha value is -1.39. The Balaban J connectivity index is 1.73. The van der Waals surface area contributed by atoms with E-state index in [1.54, 1.807) is 0 Å². The van der Waals surface area contributed by atoms with Crippen LogP contribution in [0.15, 0.2) is 4.52 Å². The summed E-state index contributed by atoms with van der Waals surface area (Å²) < 4.78 is 5.14. The van der Waals surface area contributed by atoms with Gasteiger partial charge in [0, 0.05) is 5.92 Å². The van der Waals surface area contributed by atoms with Crippen molar-refractivity contribution in [2.45, 2.75) is 38.5 Å². The fourth-order valence-electron chi connectivity index (χ4n) is 2.19. The summed E-state index contributed by atoms with van der Waals surface area (Å²) >= 11 is 0. The minimum absolute atomic E-state index is 0.0550. The van der Waals surface area contributed by atoms with Gasteiger partial charge in [0.25, 0.3) is 0 Å². The van der Waals surface area contributed by atoms with Crippen molar-refractivity contribution in [1.82, 2.24) is 10.1 Å². The molecule has 0 aromatic carbocycles. The molecule has 1 heterocycles. The van der Waals surface area contributed by atoms with Gasteiger partial charge in [0.2, 0.25) is 5.89 Å². The van der Waals surface area contributed by atoms with Crippen molar-refractivity contribution >= 4 is 5.97 Å². The third kappa shape index (κ3) is 1.42. The largest absolute Gasteiger partial charge is 0.481 e. The fraction of sp³-hybridized carbons (Fsp3) is 0.727. The molecule has 3 atom stereocenters. The Morgan fingerprint density at radius 3 is 2.75 bits per heavy atom. The molecule has 3 unspecified atom stereocenters. The molecule has 0 aliphatic heterocycles. The highest BCUT2D eigenvalue weighted by Gasteiger charge is 2.52. The third-order valence-corrected chi connectivity index (χ3v) is 3.71. The van der Waals surface area contributed by atoms with Gasteiger partial charge in [0.1, 0.15) is 0 Å². The Kier molecular flexibility index (Phi) is 1.74. The Morgan fingerprint density at radius 1 is 1.56 bits per heavy atom. The van der Waals surface area contributed by atoms with Crippen LogP contribution in [0.3, 0.4) is 0 Å². The van der Waals surface area contributed by atoms with Crippen LogP contribution in [-0.2, 0) is 4.79 Å². The van der Waals surface area contributed by atoms with Gasteiger partial charge in [-0.1, -0.05) is 19.0 Å². The monoisotopic (exact) mass is 222 g/mol. The lowest BCUT2D eigenvalue weighted by molar-refractivity contribution is -0.138. The van der Waals surface area contributed by atoms with Crippen LogP contribution in [0.1, 0.15) is 50.2 Å². The van der Waals surface area contributed by atoms with Gasteiger partial charge in [-0.25, -0.2) is 0 Å². The number of carboxylic acid groups (broad SMARTS) is 1. The average Bonchev–Trinajstić information content (AvgIpc) is 3.05. The first-order valence-electron chi connectivity index (χ1n) is 5.55. The lowest BCUT2D eigenvalue weighted by Gasteiger charge is -1.95. The quantitative estimate of drug-likeness (QED) is 0.843. The van der Waals surface area contributed by atoms with E-state index in [9.17, 15) is 4.79 Å². The molecule has 5 heteroatoms. The van der Waals surface area contributed by atoms with Crippen LogP contribution in [0, 0.1) is 11.3 Å². The number of aliphatic carboxylic acids is 1. The second-order valence-corrected chi connectivity index (χ2v) is 5.52. The SMILES string of the molecule is CC1(C)CC1c1noc(C2CC2C(=O)O)n1. The Bertz CT molecular complexity index is 452. The molecule has 1 aromatic rings. The van der Waals surface area contributed by atoms with Gasteiger partial charge < -0.3 is 9.63 Å². The molecule has 0 bridgehead atoms. The van der Waals surface area contributed by atoms with Gasteiger partial charge in [0.15, 0.2) is 5.82 Å². The predicted molar refractivity (Wildman–Crippen MR) is 53.9 cm³/mol. The summed E-state index contributed by atoms with van der Waals surface area (Å²) in [5, 5.41) is 12.8. The van der Waals surface area contributed by atoms with Crippen LogP contribution in [0.4, 0.5) is 0 Å². The lowest BCUT2D eigenvalue weighted by Crippen LogP contribution is -1.99. The Labute approximate surface area is 92.8 Å². The molecule has 1 aromatic heterocycles. The molecule has 1 N–H and O–H groups in total. The number of nitrogens with zero attached hydrogens (tertiary/aromatic N) is 2. The van der Waals surface area contributed by atoms with E-state index < -0.39 is 5.97 Å². The normalized spacial score (nSPS) is 34.8. The summed E-state index contributed by atoms with van der Waals surface area (Å²) in [6.45, 7) is 4.34. The molecule has 2 aliphatic rings. The number of hydrogen-bond acceptors (Lipinski definition) is 4. The number of aromatic nitrogens is 2. The zero-order valence-corrected chi connectivity index (χ0v) is 9.30. The molecular formula is C11H14N2O3. The van der Waals surface area contributed by atoms with Crippen LogP contribution in [0.5, 0.6) is 0 Å². The molecule has 2 saturated carbocycles. The number of carbonyl (C=O) groups is 1. The van der Waals surface area contributed by atoms with Gasteiger partial charge in [-0.3, -0.25) is 4.79 Å². The summed E-state index contributed by atoms with van der Waals surface area (Å²) in [5.74, 6) is 0.491. The van der Waals surface area contributed by atoms with Crippen LogP contribution in [0.25, 0.3) is 0 Å². The van der Waals surface area contributed by atoms with E-state index in [-0.39, 0.29) is 17.3 Å². The standard InChI is InChI=1S/C11H14N2O3/c1-11(2)4-7(11)8-12-9(16-13-8)5-3-6(5)10(14)15/h5-7H,3-4H2,1-2H3,(H,14,15). The molecular weight excluding hydrogens is 208 g/mol. The average molecular weight is 222 g/mol. The first-order chi connectivity index (χ1) is 7.49. The molecule has 16 heavy (non-hydrogen) atoms. The maximum Gasteiger partial charge on any atom is 0.307 e. The Morgan fingerprint density at radius 2 is 2.25 bits per heavy atom. The van der Waals surface area contributed by atoms with Crippen molar-refractivity contribution in [3.05, 3.63) is 11.7 Å². The van der Waals surface area contributed by atoms with E-state index in [1.807, 2.05) is 0 Å². The molecule has 0 saturated heterocycles. The number of carboxylic acids is 1. The van der Waals surface area contributed by atoms with E-state index in [4.69, 9.17) is 9.63 Å². The van der Waals surface area contributed by atoms with E-state index in [1.165, 1.54) is 0 Å². The van der Waals surface area contributed by atoms with Crippen molar-refractivity contribution in [3.63, 3.8) is 0 Å². The zero-order chi connectivity index (χ0) is 11.5. The molecule has 0 radical (unpaired) electrons. The molecule has 2 aliphatic carbocycles. The highest BCUT2D eigenvalue weighted by molar-refractivity contribution is 5.74. The highest BCUT2D eigenvalue weighted by atomic mass is 16.5. The van der Waals surface area contributed by atoms with E-state index in [0.717, 1.165) is 12.2 Å². The van der Waals surface area contributed by atoms with Gasteiger partial charge in [-0.15, -0.1) is 0 Å². The molecule has 0 amide bonds. The first kappa shape index (κ1) is 9.81. The summed E-state index contributed by atoms with van der Waals surface area (Å²) in [6.07, 6.45) is 1.71. The first-order valence-corrected chi connectivity index (χ1v) is 5.55. The van der Waals surface area contributed by atoms with Crippen molar-refractivity contribution in [2.75, 3.05) is 0 Å². The van der Waals surface area contributed by atoms with E-state index in [0.29, 0.717) is 18.2 Å². The van der Waals surface area contributed by atoms with Crippen molar-refractivity contribution in [2.24, 2.45) is 11.3 Å². The number of hydrogen-bond donors (Lipinski definition) is 1. The van der Waals surface area contributed by atoms with Crippen molar-refractivity contribution < 1.29 is 14.4 Å². The van der Waals surface area contributed by atoms with Crippen LogP contribution in [0.2, 0.25) is 0 Å². The highest BCUT2D eigenvalue weighted by Crippen LogP contribution is 2.58. The van der Waals surface area contributed by atoms with Crippen molar-refractivity contribution in [3.8, 4) is 0 Å². The minimum Gasteiger partial charge on any atom is -0.481 e. The minimum atomic E-state index is -0.767. The maximum atomic E-state index is 10.7. The summed E-state index contributed by atoms with van der Waals surface area (Å²) in [7, 11) is 0. The van der Waals surface area contributed by atoms with Crippen LogP contribution in [-0.4, -0.2) is 21.2 Å². The maximum absolute atomic E-state index is 10.7. The van der Waals surface area contributed by atoms with E-state index >= 15 is 0 Å². The van der Waals surface area contributed by atoms with Gasteiger partial charge in [-0.05, 0) is 18.3 Å². The molecule has 0 spiro atoms. The van der Waals surface area contributed by atoms with Gasteiger partial charge >= 0.3 is 5.97 Å². The van der Waals surface area contributed by atoms with Crippen LogP contribution >= 0.6 is 0 Å². The predicted octanol–water partition coefficient (Wildman–Crippen LogP) is 1.77. The third-order valence-electron chi connectivity index (χ3n) is 3.71. The molecule has 2 fully saturated rings. The second kappa shape index (κ2) is 2.84. The number of rotatable bonds is 3. The summed E-state index contributed by atoms with van der Waals surface area (Å²) in [6, 6.07) is 0. The van der Waals surface area contributed by atoms with E-state index in [2.05, 4.69) is 24.0 Å². The molecule has 86 valence electrons. The van der Waals surface area contributed by atoms with Crippen LogP contribution < -0.4 is 0 Å². The summed E-state index contributed by atoms with van der Waals surface area (Å²) in [4.78, 5) is 15.0. The second-order valence-electron chi connectivity index (χ2n) is 5.52. The molecule has 3 rings (SSSR count). The lowest BCUT2D eigenvalue weighted by atomic mass is 10.1. The summed E-state index contributed by atoms with van der Waals surface area (Å²) in [5.41, 5.74) is 0.275. The zero-order valence-electron chi connectivity index (χ0n) is 9.30. The van der Waals surface area contributed by atoms with Crippen molar-refractivity contribution in [1.29, 1.82) is 0 Å². The topological polar surface area (TPSA) is 76.2 Å². The van der Waals surface area contributed by atoms with Gasteiger partial charge in [-0.2, -0.15) is 4.98 Å². The smallest absolute Gasteiger partial charge is 0.307 e. The fourth-order valence-corrected chi connectivity index (χ4v) is 2.19. The molecule has 5 nitrogen and oxygen atoms in total.